The Kier molecular flexibility index (Phi) is 6.79. The van der Waals surface area contributed by atoms with Crippen LogP contribution >= 0.6 is 11.3 Å². The summed E-state index contributed by atoms with van der Waals surface area (Å²) in [6.07, 6.45) is 1.85. The number of thiophene rings is 1. The lowest BCUT2D eigenvalue weighted by atomic mass is 9.87. The molecule has 3 rings (SSSR count). The van der Waals surface area contributed by atoms with Gasteiger partial charge in [-0.05, 0) is 64.4 Å². The second-order valence-electron chi connectivity index (χ2n) is 7.84. The normalized spacial score (nSPS) is 11.4. The predicted molar refractivity (Wildman–Crippen MR) is 120 cm³/mol. The molecule has 1 N–H and O–H groups in total. The van der Waals surface area contributed by atoms with E-state index in [1.807, 2.05) is 29.6 Å². The summed E-state index contributed by atoms with van der Waals surface area (Å²) in [7, 11) is 0. The molecule has 5 nitrogen and oxygen atoms in total. The fraction of sp³-hybridized carbons (Fsp3) is 0.208. The Morgan fingerprint density at radius 2 is 1.73 bits per heavy atom. The van der Waals surface area contributed by atoms with Crippen molar-refractivity contribution in [3.8, 4) is 5.75 Å². The zero-order chi connectivity index (χ0) is 21.6. The van der Waals surface area contributed by atoms with Gasteiger partial charge in [-0.2, -0.15) is 5.10 Å². The molecule has 0 fully saturated rings. The topological polar surface area (TPSA) is 67.8 Å². The number of hydrogen-bond acceptors (Lipinski definition) is 5. The van der Waals surface area contributed by atoms with Gasteiger partial charge >= 0.3 is 5.97 Å². The van der Waals surface area contributed by atoms with Gasteiger partial charge in [0, 0.05) is 4.88 Å². The highest BCUT2D eigenvalue weighted by atomic mass is 32.1. The van der Waals surface area contributed by atoms with Crippen LogP contribution in [0, 0.1) is 0 Å². The predicted octanol–water partition coefficient (Wildman–Crippen LogP) is 4.96. The van der Waals surface area contributed by atoms with E-state index in [0.717, 1.165) is 16.0 Å². The number of amides is 1. The molecule has 0 saturated heterocycles. The van der Waals surface area contributed by atoms with Gasteiger partial charge in [0.1, 0.15) is 5.75 Å². The maximum absolute atomic E-state index is 12.3. The molecule has 0 unspecified atom stereocenters. The number of esters is 1. The molecule has 0 radical (unpaired) electrons. The Morgan fingerprint density at radius 1 is 1.03 bits per heavy atom. The van der Waals surface area contributed by atoms with E-state index in [0.29, 0.717) is 17.7 Å². The molecule has 0 atom stereocenters. The quantitative estimate of drug-likeness (QED) is 0.265. The van der Waals surface area contributed by atoms with Crippen molar-refractivity contribution in [2.45, 2.75) is 32.6 Å². The lowest BCUT2D eigenvalue weighted by Gasteiger charge is -2.18. The number of nitrogens with one attached hydrogen (secondary N) is 1. The molecule has 0 bridgehead atoms. The van der Waals surface area contributed by atoms with Crippen molar-refractivity contribution in [3.63, 3.8) is 0 Å². The van der Waals surface area contributed by atoms with Gasteiger partial charge in [0.05, 0.1) is 18.2 Å². The molecule has 2 aromatic carbocycles. The molecule has 0 saturated carbocycles. The highest BCUT2D eigenvalue weighted by Gasteiger charge is 2.15. The van der Waals surface area contributed by atoms with Crippen molar-refractivity contribution < 1.29 is 14.3 Å². The summed E-state index contributed by atoms with van der Waals surface area (Å²) in [6, 6.07) is 18.2. The fourth-order valence-electron chi connectivity index (χ4n) is 2.68. The summed E-state index contributed by atoms with van der Waals surface area (Å²) in [6.45, 7) is 6.38. The molecule has 3 aromatic rings. The van der Waals surface area contributed by atoms with E-state index in [9.17, 15) is 9.59 Å². The molecule has 1 heterocycles. The third kappa shape index (κ3) is 6.12. The maximum atomic E-state index is 12.3. The van der Waals surface area contributed by atoms with Crippen molar-refractivity contribution in [2.75, 3.05) is 0 Å². The van der Waals surface area contributed by atoms with Crippen molar-refractivity contribution in [1.82, 2.24) is 5.43 Å². The van der Waals surface area contributed by atoms with Crippen LogP contribution in [-0.2, 0) is 16.6 Å². The number of carbonyl (C=O) groups is 2. The third-order valence-corrected chi connectivity index (χ3v) is 5.27. The molecule has 30 heavy (non-hydrogen) atoms. The number of rotatable bonds is 6. The van der Waals surface area contributed by atoms with Gasteiger partial charge in [0.15, 0.2) is 0 Å². The van der Waals surface area contributed by atoms with Crippen LogP contribution in [0.15, 0.2) is 71.1 Å². The molecule has 1 amide bonds. The highest BCUT2D eigenvalue weighted by molar-refractivity contribution is 7.10. The standard InChI is InChI=1S/C24H24N2O3S/c1-24(2,3)19-10-8-18(9-11-19)23(28)29-20-12-6-17(7-13-20)16-25-26-22(27)15-21-5-4-14-30-21/h4-14,16H,15H2,1-3H3,(H,26,27). The third-order valence-electron chi connectivity index (χ3n) is 4.40. The average molecular weight is 421 g/mol. The summed E-state index contributed by atoms with van der Waals surface area (Å²) in [4.78, 5) is 25.1. The highest BCUT2D eigenvalue weighted by Crippen LogP contribution is 2.22. The van der Waals surface area contributed by atoms with Crippen LogP contribution in [0.4, 0.5) is 0 Å². The number of nitrogens with zero attached hydrogens (tertiary/aromatic N) is 1. The molecule has 1 aromatic heterocycles. The first-order valence-corrected chi connectivity index (χ1v) is 10.5. The van der Waals surface area contributed by atoms with Crippen LogP contribution in [0.5, 0.6) is 5.75 Å². The first-order valence-electron chi connectivity index (χ1n) is 9.58. The van der Waals surface area contributed by atoms with Crippen molar-refractivity contribution in [1.29, 1.82) is 0 Å². The summed E-state index contributed by atoms with van der Waals surface area (Å²) < 4.78 is 5.43. The Balaban J connectivity index is 1.52. The minimum atomic E-state index is -0.405. The number of benzene rings is 2. The summed E-state index contributed by atoms with van der Waals surface area (Å²) in [5.41, 5.74) is 4.97. The van der Waals surface area contributed by atoms with E-state index in [1.54, 1.807) is 42.6 Å². The fourth-order valence-corrected chi connectivity index (χ4v) is 3.39. The van der Waals surface area contributed by atoms with Gasteiger partial charge in [-0.1, -0.05) is 39.0 Å². The van der Waals surface area contributed by atoms with Crippen LogP contribution in [0.25, 0.3) is 0 Å². The second-order valence-corrected chi connectivity index (χ2v) is 8.87. The van der Waals surface area contributed by atoms with E-state index >= 15 is 0 Å². The van der Waals surface area contributed by atoms with E-state index in [2.05, 4.69) is 31.3 Å². The van der Waals surface area contributed by atoms with Gasteiger partial charge in [0.25, 0.3) is 0 Å². The van der Waals surface area contributed by atoms with Gasteiger partial charge in [-0.25, -0.2) is 10.2 Å². The molecular formula is C24H24N2O3S. The number of hydrogen-bond donors (Lipinski definition) is 1. The molecule has 0 aliphatic heterocycles. The Morgan fingerprint density at radius 3 is 2.33 bits per heavy atom. The summed E-state index contributed by atoms with van der Waals surface area (Å²) >= 11 is 1.53. The van der Waals surface area contributed by atoms with E-state index in [1.165, 1.54) is 11.3 Å². The Labute approximate surface area is 180 Å². The van der Waals surface area contributed by atoms with Crippen LogP contribution < -0.4 is 10.2 Å². The van der Waals surface area contributed by atoms with E-state index < -0.39 is 5.97 Å². The molecule has 154 valence electrons. The zero-order valence-corrected chi connectivity index (χ0v) is 18.0. The molecular weight excluding hydrogens is 396 g/mol. The summed E-state index contributed by atoms with van der Waals surface area (Å²) in [5.74, 6) is -0.131. The Hall–Kier alpha value is -3.25. The van der Waals surface area contributed by atoms with E-state index in [4.69, 9.17) is 4.74 Å². The SMILES string of the molecule is CC(C)(C)c1ccc(C(=O)Oc2ccc(C=NNC(=O)Cc3cccs3)cc2)cc1. The number of hydrazone groups is 1. The van der Waals surface area contributed by atoms with Gasteiger partial charge < -0.3 is 4.74 Å². The van der Waals surface area contributed by atoms with Gasteiger partial charge in [-0.15, -0.1) is 11.3 Å². The molecule has 0 aliphatic rings. The maximum Gasteiger partial charge on any atom is 0.343 e. The summed E-state index contributed by atoms with van der Waals surface area (Å²) in [5, 5.41) is 5.89. The lowest BCUT2D eigenvalue weighted by molar-refractivity contribution is -0.120. The number of ether oxygens (including phenoxy) is 1. The molecule has 0 spiro atoms. The van der Waals surface area contributed by atoms with Crippen molar-refractivity contribution in [2.24, 2.45) is 5.10 Å². The van der Waals surface area contributed by atoms with Crippen LogP contribution in [-0.4, -0.2) is 18.1 Å². The smallest absolute Gasteiger partial charge is 0.343 e. The zero-order valence-electron chi connectivity index (χ0n) is 17.2. The first kappa shape index (κ1) is 21.5. The lowest BCUT2D eigenvalue weighted by Crippen LogP contribution is -2.19. The molecule has 0 aliphatic carbocycles. The minimum absolute atomic E-state index is 0.0310. The first-order chi connectivity index (χ1) is 14.3. The van der Waals surface area contributed by atoms with Crippen LogP contribution in [0.2, 0.25) is 0 Å². The largest absolute Gasteiger partial charge is 0.423 e. The van der Waals surface area contributed by atoms with Gasteiger partial charge in [-0.3, -0.25) is 4.79 Å². The van der Waals surface area contributed by atoms with Crippen LogP contribution in [0.3, 0.4) is 0 Å². The van der Waals surface area contributed by atoms with E-state index in [-0.39, 0.29) is 11.3 Å². The van der Waals surface area contributed by atoms with Crippen molar-refractivity contribution >= 4 is 29.4 Å². The van der Waals surface area contributed by atoms with Crippen molar-refractivity contribution in [3.05, 3.63) is 87.6 Å². The minimum Gasteiger partial charge on any atom is -0.423 e. The molecule has 6 heteroatoms. The Bertz CT molecular complexity index is 1020. The average Bonchev–Trinajstić information content (AvgIpc) is 3.21. The second kappa shape index (κ2) is 9.50. The monoisotopic (exact) mass is 420 g/mol. The van der Waals surface area contributed by atoms with Crippen LogP contribution in [0.1, 0.15) is 47.1 Å². The number of carbonyl (C=O) groups excluding carboxylic acids is 2. The van der Waals surface area contributed by atoms with Gasteiger partial charge in [0.2, 0.25) is 5.91 Å².